The largest absolute Gasteiger partial charge is 0.297 e. The van der Waals surface area contributed by atoms with E-state index in [2.05, 4.69) is 4.72 Å². The van der Waals surface area contributed by atoms with E-state index in [0.717, 1.165) is 11.1 Å². The highest BCUT2D eigenvalue weighted by molar-refractivity contribution is 7.90. The van der Waals surface area contributed by atoms with Gasteiger partial charge in [-0.25, -0.2) is 13.1 Å². The van der Waals surface area contributed by atoms with Crippen LogP contribution in [0.15, 0.2) is 48.5 Å². The molecule has 0 unspecified atom stereocenters. The second-order valence-corrected chi connectivity index (χ2v) is 8.52. The van der Waals surface area contributed by atoms with Crippen molar-refractivity contribution in [2.75, 3.05) is 13.7 Å². The molecular formula is C18H21N3O5S. The second-order valence-electron chi connectivity index (χ2n) is 6.53. The lowest BCUT2D eigenvalue weighted by atomic mass is 10.0. The Kier molecular flexibility index (Phi) is 5.56. The summed E-state index contributed by atoms with van der Waals surface area (Å²) in [6, 6.07) is 12.9. The summed E-state index contributed by atoms with van der Waals surface area (Å²) in [5, 5.41) is 11.6. The zero-order valence-corrected chi connectivity index (χ0v) is 15.8. The highest BCUT2D eigenvalue weighted by Crippen LogP contribution is 2.34. The number of non-ortho nitro benzene ring substituents is 1. The first kappa shape index (κ1) is 19.4. The molecule has 0 bridgehead atoms. The van der Waals surface area contributed by atoms with Crippen molar-refractivity contribution in [2.45, 2.75) is 24.8 Å². The highest BCUT2D eigenvalue weighted by Gasteiger charge is 2.43. The summed E-state index contributed by atoms with van der Waals surface area (Å²) in [5.41, 5.74) is 2.34. The summed E-state index contributed by atoms with van der Waals surface area (Å²) in [5.74, 6) is 0. The van der Waals surface area contributed by atoms with E-state index < -0.39 is 26.2 Å². The first-order valence-corrected chi connectivity index (χ1v) is 9.96. The lowest BCUT2D eigenvalue weighted by Gasteiger charge is -2.23. The highest BCUT2D eigenvalue weighted by atomic mass is 32.2. The molecule has 0 saturated carbocycles. The van der Waals surface area contributed by atoms with Gasteiger partial charge in [0.05, 0.1) is 17.6 Å². The van der Waals surface area contributed by atoms with Crippen molar-refractivity contribution >= 4 is 15.7 Å². The maximum atomic E-state index is 12.9. The van der Waals surface area contributed by atoms with E-state index in [0.29, 0.717) is 5.56 Å². The third-order valence-electron chi connectivity index (χ3n) is 4.57. The van der Waals surface area contributed by atoms with Gasteiger partial charge in [-0.15, -0.1) is 0 Å². The van der Waals surface area contributed by atoms with Gasteiger partial charge in [-0.3, -0.25) is 15.0 Å². The average molecular weight is 391 g/mol. The van der Waals surface area contributed by atoms with Crippen LogP contribution >= 0.6 is 0 Å². The smallest absolute Gasteiger partial charge is 0.269 e. The number of rotatable bonds is 6. The van der Waals surface area contributed by atoms with Crippen molar-refractivity contribution in [3.05, 3.63) is 75.3 Å². The molecule has 0 aromatic heterocycles. The molecule has 0 spiro atoms. The van der Waals surface area contributed by atoms with Gasteiger partial charge in [0.2, 0.25) is 10.0 Å². The third kappa shape index (κ3) is 4.33. The molecule has 3 rings (SSSR count). The number of hydrogen-bond donors (Lipinski definition) is 1. The van der Waals surface area contributed by atoms with Gasteiger partial charge >= 0.3 is 0 Å². The van der Waals surface area contributed by atoms with Crippen LogP contribution in [0.2, 0.25) is 0 Å². The van der Waals surface area contributed by atoms with Crippen LogP contribution < -0.4 is 4.72 Å². The normalized spacial score (nSPS) is 20.7. The van der Waals surface area contributed by atoms with Crippen molar-refractivity contribution < 1.29 is 18.2 Å². The average Bonchev–Trinajstić information content (AvgIpc) is 3.03. The summed E-state index contributed by atoms with van der Waals surface area (Å²) in [6.45, 7) is 2.09. The maximum absolute atomic E-state index is 12.9. The minimum atomic E-state index is -3.72. The molecule has 1 heterocycles. The Balaban J connectivity index is 1.83. The molecule has 1 aliphatic heterocycles. The molecule has 2 aromatic rings. The number of nitro benzene ring substituents is 1. The van der Waals surface area contributed by atoms with Crippen LogP contribution in [0, 0.1) is 17.0 Å². The van der Waals surface area contributed by atoms with E-state index in [9.17, 15) is 18.5 Å². The molecule has 0 aliphatic carbocycles. The lowest BCUT2D eigenvalue weighted by Crippen LogP contribution is -2.39. The third-order valence-corrected chi connectivity index (χ3v) is 6.31. The number of sulfonamides is 1. The molecule has 8 nitrogen and oxygen atoms in total. The first-order chi connectivity index (χ1) is 12.8. The van der Waals surface area contributed by atoms with Gasteiger partial charge in [-0.2, -0.15) is 5.06 Å². The van der Waals surface area contributed by atoms with Crippen LogP contribution in [-0.2, 0) is 21.4 Å². The molecule has 0 amide bonds. The van der Waals surface area contributed by atoms with Crippen LogP contribution in [0.25, 0.3) is 0 Å². The van der Waals surface area contributed by atoms with Gasteiger partial charge in [0, 0.05) is 25.7 Å². The first-order valence-electron chi connectivity index (χ1n) is 8.42. The Morgan fingerprint density at radius 1 is 1.26 bits per heavy atom. The van der Waals surface area contributed by atoms with Crippen molar-refractivity contribution in [2.24, 2.45) is 0 Å². The summed E-state index contributed by atoms with van der Waals surface area (Å²) in [4.78, 5) is 16.0. The van der Waals surface area contributed by atoms with Crippen molar-refractivity contribution in [1.29, 1.82) is 0 Å². The fourth-order valence-electron chi connectivity index (χ4n) is 3.22. The van der Waals surface area contributed by atoms with E-state index in [-0.39, 0.29) is 18.8 Å². The number of aryl methyl sites for hydroxylation is 1. The van der Waals surface area contributed by atoms with Gasteiger partial charge in [0.1, 0.15) is 5.25 Å². The fraction of sp³-hybridized carbons (Fsp3) is 0.333. The van der Waals surface area contributed by atoms with Crippen LogP contribution in [0.5, 0.6) is 0 Å². The summed E-state index contributed by atoms with van der Waals surface area (Å²) < 4.78 is 28.4. The van der Waals surface area contributed by atoms with Gasteiger partial charge in [0.15, 0.2) is 0 Å². The van der Waals surface area contributed by atoms with Crippen LogP contribution in [-0.4, -0.2) is 37.3 Å². The van der Waals surface area contributed by atoms with E-state index in [1.54, 1.807) is 19.2 Å². The van der Waals surface area contributed by atoms with Gasteiger partial charge in [-0.05, 0) is 18.1 Å². The molecule has 1 fully saturated rings. The molecule has 1 aliphatic rings. The van der Waals surface area contributed by atoms with Crippen LogP contribution in [0.3, 0.4) is 0 Å². The fourth-order valence-corrected chi connectivity index (χ4v) is 4.71. The van der Waals surface area contributed by atoms with E-state index in [1.165, 1.54) is 17.2 Å². The van der Waals surface area contributed by atoms with Crippen LogP contribution in [0.1, 0.15) is 22.7 Å². The summed E-state index contributed by atoms with van der Waals surface area (Å²) in [6.07, 6.45) is 0. The quantitative estimate of drug-likeness (QED) is 0.599. The Morgan fingerprint density at radius 2 is 2.00 bits per heavy atom. The SMILES string of the molecule is Cc1cccc(CNS(=O)(=O)[C@@H]2CON(C)[C@@H]2c2cccc([N+](=O)[O-])c2)c1. The Bertz CT molecular complexity index is 948. The molecule has 27 heavy (non-hydrogen) atoms. The topological polar surface area (TPSA) is 102 Å². The lowest BCUT2D eigenvalue weighted by molar-refractivity contribution is -0.385. The molecular weight excluding hydrogens is 370 g/mol. The summed E-state index contributed by atoms with van der Waals surface area (Å²) >= 11 is 0. The van der Waals surface area contributed by atoms with Crippen molar-refractivity contribution in [3.8, 4) is 0 Å². The van der Waals surface area contributed by atoms with Crippen LogP contribution in [0.4, 0.5) is 5.69 Å². The second kappa shape index (κ2) is 7.73. The van der Waals surface area contributed by atoms with Gasteiger partial charge < -0.3 is 0 Å². The minimum absolute atomic E-state index is 0.0208. The van der Waals surface area contributed by atoms with E-state index >= 15 is 0 Å². The molecule has 9 heteroatoms. The standard InChI is InChI=1S/C18H21N3O5S/c1-13-5-3-6-14(9-13)11-19-27(24,25)17-12-26-20(2)18(17)15-7-4-8-16(10-15)21(22)23/h3-10,17-19H,11-12H2,1-2H3/t17-,18-/m1/s1. The predicted octanol–water partition coefficient (Wildman–Crippen LogP) is 2.31. The van der Waals surface area contributed by atoms with Crippen molar-refractivity contribution in [1.82, 2.24) is 9.79 Å². The number of nitro groups is 1. The predicted molar refractivity (Wildman–Crippen MR) is 100 cm³/mol. The Labute approximate surface area is 157 Å². The molecule has 2 atom stereocenters. The zero-order chi connectivity index (χ0) is 19.6. The molecule has 1 saturated heterocycles. The number of nitrogens with one attached hydrogen (secondary N) is 1. The van der Waals surface area contributed by atoms with E-state index in [4.69, 9.17) is 4.84 Å². The Hall–Kier alpha value is -2.33. The maximum Gasteiger partial charge on any atom is 0.269 e. The van der Waals surface area contributed by atoms with Crippen molar-refractivity contribution in [3.63, 3.8) is 0 Å². The van der Waals surface area contributed by atoms with Gasteiger partial charge in [-0.1, -0.05) is 42.0 Å². The summed E-state index contributed by atoms with van der Waals surface area (Å²) in [7, 11) is -2.10. The monoisotopic (exact) mass is 391 g/mol. The molecule has 1 N–H and O–H groups in total. The molecule has 144 valence electrons. The zero-order valence-electron chi connectivity index (χ0n) is 15.0. The van der Waals surface area contributed by atoms with E-state index in [1.807, 2.05) is 31.2 Å². The number of hydroxylamine groups is 2. The molecule has 2 aromatic carbocycles. The number of hydrogen-bond acceptors (Lipinski definition) is 6. The van der Waals surface area contributed by atoms with Gasteiger partial charge in [0.25, 0.3) is 5.69 Å². The minimum Gasteiger partial charge on any atom is -0.297 e. The number of benzene rings is 2. The number of nitrogens with zero attached hydrogens (tertiary/aromatic N) is 2. The Morgan fingerprint density at radius 3 is 2.70 bits per heavy atom. The molecule has 0 radical (unpaired) electrons.